The minimum Gasteiger partial charge on any atom is -0.507 e. The third kappa shape index (κ3) is 3.22. The molecule has 2 aromatic rings. The standard InChI is InChI=1S/C24H26N2O4/c1-4-11-26-21(17-8-6-5-7-15(17)2)20(23(28)24(26)29)22(27)16-9-10-19-18(14-16)25(3)12-13-30-19/h5-10,14,21,27H,4,11-13H2,1-3H3/b22-20+. The summed E-state index contributed by atoms with van der Waals surface area (Å²) in [7, 11) is 1.96. The summed E-state index contributed by atoms with van der Waals surface area (Å²) in [5, 5.41) is 11.2. The molecule has 0 bridgehead atoms. The van der Waals surface area contributed by atoms with Crippen molar-refractivity contribution < 1.29 is 19.4 Å². The first-order valence-electron chi connectivity index (χ1n) is 10.3. The number of likely N-dealkylation sites (tertiary alicyclic amines) is 1. The molecule has 0 spiro atoms. The lowest BCUT2D eigenvalue weighted by molar-refractivity contribution is -0.139. The Morgan fingerprint density at radius 1 is 1.20 bits per heavy atom. The minimum absolute atomic E-state index is 0.141. The van der Waals surface area contributed by atoms with Gasteiger partial charge in [-0.15, -0.1) is 0 Å². The van der Waals surface area contributed by atoms with E-state index in [0.29, 0.717) is 18.7 Å². The summed E-state index contributed by atoms with van der Waals surface area (Å²) in [5.74, 6) is -0.620. The maximum Gasteiger partial charge on any atom is 0.295 e. The van der Waals surface area contributed by atoms with Gasteiger partial charge in [-0.05, 0) is 42.7 Å². The number of fused-ring (bicyclic) bond motifs is 1. The number of benzene rings is 2. The van der Waals surface area contributed by atoms with E-state index in [-0.39, 0.29) is 11.3 Å². The molecule has 0 aliphatic carbocycles. The summed E-state index contributed by atoms with van der Waals surface area (Å²) in [6.45, 7) is 5.70. The van der Waals surface area contributed by atoms with Crippen molar-refractivity contribution in [3.63, 3.8) is 0 Å². The fourth-order valence-corrected chi connectivity index (χ4v) is 4.22. The third-order valence-corrected chi connectivity index (χ3v) is 5.82. The number of likely N-dealkylation sites (N-methyl/N-ethyl adjacent to an activating group) is 1. The van der Waals surface area contributed by atoms with Gasteiger partial charge in [-0.2, -0.15) is 0 Å². The Hall–Kier alpha value is -3.28. The van der Waals surface area contributed by atoms with Crippen LogP contribution in [0.25, 0.3) is 5.76 Å². The number of nitrogens with zero attached hydrogens (tertiary/aromatic N) is 2. The van der Waals surface area contributed by atoms with Gasteiger partial charge < -0.3 is 19.6 Å². The van der Waals surface area contributed by atoms with E-state index in [1.165, 1.54) is 0 Å². The van der Waals surface area contributed by atoms with Gasteiger partial charge in [0, 0.05) is 19.2 Å². The van der Waals surface area contributed by atoms with E-state index in [0.717, 1.165) is 35.5 Å². The lowest BCUT2D eigenvalue weighted by atomic mass is 9.92. The number of anilines is 1. The number of aryl methyl sites for hydroxylation is 1. The molecule has 1 unspecified atom stereocenters. The molecule has 0 radical (unpaired) electrons. The van der Waals surface area contributed by atoms with Crippen LogP contribution >= 0.6 is 0 Å². The summed E-state index contributed by atoms with van der Waals surface area (Å²) in [6, 6.07) is 12.4. The van der Waals surface area contributed by atoms with Gasteiger partial charge in [-0.3, -0.25) is 9.59 Å². The van der Waals surface area contributed by atoms with Crippen molar-refractivity contribution >= 4 is 23.1 Å². The molecule has 0 saturated carbocycles. The highest BCUT2D eigenvalue weighted by atomic mass is 16.5. The van der Waals surface area contributed by atoms with Gasteiger partial charge in [0.2, 0.25) is 0 Å². The highest BCUT2D eigenvalue weighted by molar-refractivity contribution is 6.46. The Morgan fingerprint density at radius 3 is 2.70 bits per heavy atom. The fraction of sp³-hybridized carbons (Fsp3) is 0.333. The van der Waals surface area contributed by atoms with E-state index >= 15 is 0 Å². The Kier molecular flexibility index (Phi) is 5.24. The average Bonchev–Trinajstić information content (AvgIpc) is 2.99. The number of aliphatic hydroxyl groups excluding tert-OH is 1. The van der Waals surface area contributed by atoms with Crippen LogP contribution in [0.5, 0.6) is 5.75 Å². The fourth-order valence-electron chi connectivity index (χ4n) is 4.22. The van der Waals surface area contributed by atoms with Crippen LogP contribution in [0.3, 0.4) is 0 Å². The molecule has 1 amide bonds. The molecule has 4 rings (SSSR count). The number of ether oxygens (including phenoxy) is 1. The number of rotatable bonds is 4. The zero-order chi connectivity index (χ0) is 21.4. The van der Waals surface area contributed by atoms with Crippen LogP contribution in [-0.2, 0) is 9.59 Å². The molecule has 2 aliphatic heterocycles. The van der Waals surface area contributed by atoms with Crippen molar-refractivity contribution in [2.75, 3.05) is 31.6 Å². The molecule has 156 valence electrons. The first kappa shape index (κ1) is 20.0. The van der Waals surface area contributed by atoms with Crippen LogP contribution in [-0.4, -0.2) is 48.4 Å². The van der Waals surface area contributed by atoms with Gasteiger partial charge in [0.05, 0.1) is 23.8 Å². The highest BCUT2D eigenvalue weighted by Crippen LogP contribution is 2.42. The number of carbonyl (C=O) groups excluding carboxylic acids is 2. The van der Waals surface area contributed by atoms with Crippen LogP contribution in [0.4, 0.5) is 5.69 Å². The molecule has 1 atom stereocenters. The van der Waals surface area contributed by atoms with Gasteiger partial charge in [0.25, 0.3) is 11.7 Å². The van der Waals surface area contributed by atoms with Gasteiger partial charge in [-0.25, -0.2) is 0 Å². The van der Waals surface area contributed by atoms with Crippen LogP contribution in [0.15, 0.2) is 48.0 Å². The second kappa shape index (κ2) is 7.86. The largest absolute Gasteiger partial charge is 0.507 e. The van der Waals surface area contributed by atoms with Crippen molar-refractivity contribution in [2.45, 2.75) is 26.3 Å². The average molecular weight is 406 g/mol. The predicted octanol–water partition coefficient (Wildman–Crippen LogP) is 3.66. The van der Waals surface area contributed by atoms with Gasteiger partial charge in [0.15, 0.2) is 0 Å². The number of hydrogen-bond donors (Lipinski definition) is 1. The summed E-state index contributed by atoms with van der Waals surface area (Å²) < 4.78 is 5.68. The predicted molar refractivity (Wildman–Crippen MR) is 116 cm³/mol. The quantitative estimate of drug-likeness (QED) is 0.477. The second-order valence-electron chi connectivity index (χ2n) is 7.80. The van der Waals surface area contributed by atoms with Crippen molar-refractivity contribution in [2.24, 2.45) is 0 Å². The zero-order valence-corrected chi connectivity index (χ0v) is 17.5. The Morgan fingerprint density at radius 2 is 1.97 bits per heavy atom. The Bertz CT molecular complexity index is 1040. The summed E-state index contributed by atoms with van der Waals surface area (Å²) in [5.41, 5.74) is 3.31. The smallest absolute Gasteiger partial charge is 0.295 e. The molecule has 2 heterocycles. The molecule has 6 nitrogen and oxygen atoms in total. The number of carbonyl (C=O) groups is 2. The number of amides is 1. The maximum atomic E-state index is 13.0. The van der Waals surface area contributed by atoms with E-state index in [1.54, 1.807) is 17.0 Å². The van der Waals surface area contributed by atoms with Gasteiger partial charge in [-0.1, -0.05) is 31.2 Å². The van der Waals surface area contributed by atoms with Crippen molar-refractivity contribution in [1.29, 1.82) is 0 Å². The van der Waals surface area contributed by atoms with Gasteiger partial charge >= 0.3 is 0 Å². The monoisotopic (exact) mass is 406 g/mol. The van der Waals surface area contributed by atoms with Crippen LogP contribution < -0.4 is 9.64 Å². The molecule has 2 aromatic carbocycles. The number of hydrogen-bond acceptors (Lipinski definition) is 5. The second-order valence-corrected chi connectivity index (χ2v) is 7.80. The lowest BCUT2D eigenvalue weighted by Crippen LogP contribution is -2.30. The molecule has 0 aromatic heterocycles. The summed E-state index contributed by atoms with van der Waals surface area (Å²) in [6.07, 6.45) is 0.719. The molecular formula is C24H26N2O4. The zero-order valence-electron chi connectivity index (χ0n) is 17.5. The SMILES string of the molecule is CCCN1C(=O)C(=O)/C(=C(/O)c2ccc3c(c2)N(C)CCO3)C1c1ccccc1C. The minimum atomic E-state index is -0.642. The third-order valence-electron chi connectivity index (χ3n) is 5.82. The van der Waals surface area contributed by atoms with Gasteiger partial charge in [0.1, 0.15) is 18.1 Å². The summed E-state index contributed by atoms with van der Waals surface area (Å²) in [4.78, 5) is 29.5. The van der Waals surface area contributed by atoms with Crippen molar-refractivity contribution in [3.8, 4) is 5.75 Å². The Balaban J connectivity index is 1.88. The van der Waals surface area contributed by atoms with E-state index in [9.17, 15) is 14.7 Å². The number of Topliss-reactive ketones (excluding diaryl/α,β-unsaturated/α-hetero) is 1. The van der Waals surface area contributed by atoms with Crippen LogP contribution in [0.1, 0.15) is 36.1 Å². The molecule has 2 aliphatic rings. The Labute approximate surface area is 176 Å². The van der Waals surface area contributed by atoms with Crippen LogP contribution in [0.2, 0.25) is 0 Å². The van der Waals surface area contributed by atoms with E-state index < -0.39 is 17.7 Å². The first-order chi connectivity index (χ1) is 14.4. The lowest BCUT2D eigenvalue weighted by Gasteiger charge is -2.28. The van der Waals surface area contributed by atoms with Crippen LogP contribution in [0, 0.1) is 6.92 Å². The van der Waals surface area contributed by atoms with E-state index in [4.69, 9.17) is 4.74 Å². The van der Waals surface area contributed by atoms with E-state index in [2.05, 4.69) is 0 Å². The summed E-state index contributed by atoms with van der Waals surface area (Å²) >= 11 is 0. The molecule has 30 heavy (non-hydrogen) atoms. The maximum absolute atomic E-state index is 13.0. The van der Waals surface area contributed by atoms with Crippen molar-refractivity contribution in [3.05, 3.63) is 64.7 Å². The highest BCUT2D eigenvalue weighted by Gasteiger charge is 2.46. The molecule has 6 heteroatoms. The molecule has 1 saturated heterocycles. The molecule has 1 fully saturated rings. The number of aliphatic hydroxyl groups is 1. The first-order valence-corrected chi connectivity index (χ1v) is 10.3. The molecular weight excluding hydrogens is 380 g/mol. The normalized spacial score (nSPS) is 20.3. The topological polar surface area (TPSA) is 70.1 Å². The van der Waals surface area contributed by atoms with Crippen molar-refractivity contribution in [1.82, 2.24) is 4.90 Å². The van der Waals surface area contributed by atoms with E-state index in [1.807, 2.05) is 56.1 Å². The number of ketones is 1. The molecule has 1 N–H and O–H groups in total.